The molecular weight excluding hydrogens is 624 g/mol. The van der Waals surface area contributed by atoms with E-state index >= 15 is 0 Å². The van der Waals surface area contributed by atoms with Gasteiger partial charge in [0.05, 0.1) is 18.6 Å². The molecule has 0 radical (unpaired) electrons. The zero-order chi connectivity index (χ0) is 35.6. The second kappa shape index (κ2) is 17.6. The molecule has 5 amide bonds. The van der Waals surface area contributed by atoms with Gasteiger partial charge in [0, 0.05) is 19.5 Å². The summed E-state index contributed by atoms with van der Waals surface area (Å²) < 4.78 is 0. The Morgan fingerprint density at radius 3 is 1.77 bits per heavy atom. The van der Waals surface area contributed by atoms with Gasteiger partial charge in [-0.15, -0.1) is 0 Å². The van der Waals surface area contributed by atoms with Gasteiger partial charge in [0.25, 0.3) is 0 Å². The van der Waals surface area contributed by atoms with Crippen molar-refractivity contribution in [2.75, 3.05) is 13.1 Å². The molecule has 0 spiro atoms. The molecule has 2 heterocycles. The van der Waals surface area contributed by atoms with Crippen LogP contribution in [0, 0.1) is 5.92 Å². The molecule has 0 aromatic carbocycles. The molecule has 2 fully saturated rings. The van der Waals surface area contributed by atoms with Crippen molar-refractivity contribution in [3.8, 4) is 0 Å². The first-order chi connectivity index (χ1) is 21.9. The molecule has 9 N–H and O–H groups in total. The van der Waals surface area contributed by atoms with E-state index in [9.17, 15) is 48.6 Å². The van der Waals surface area contributed by atoms with Crippen molar-refractivity contribution < 1.29 is 58.8 Å². The number of carboxylic acids is 3. The van der Waals surface area contributed by atoms with E-state index in [-0.39, 0.29) is 18.9 Å². The highest BCUT2D eigenvalue weighted by molar-refractivity contribution is 5.97. The summed E-state index contributed by atoms with van der Waals surface area (Å²) in [5, 5.41) is 44.7. The number of carbonyl (C=O) groups is 8. The summed E-state index contributed by atoms with van der Waals surface area (Å²) in [6.07, 6.45) is -1.78. The number of likely N-dealkylation sites (tertiary alicyclic amines) is 2. The lowest BCUT2D eigenvalue weighted by Gasteiger charge is -2.32. The van der Waals surface area contributed by atoms with E-state index in [0.717, 1.165) is 4.90 Å². The molecule has 0 unspecified atom stereocenters. The van der Waals surface area contributed by atoms with Crippen LogP contribution in [0.15, 0.2) is 0 Å². The van der Waals surface area contributed by atoms with Gasteiger partial charge in [-0.1, -0.05) is 13.8 Å². The van der Waals surface area contributed by atoms with Crippen LogP contribution in [0.3, 0.4) is 0 Å². The molecule has 0 saturated carbocycles. The third kappa shape index (κ3) is 11.2. The molecule has 0 bridgehead atoms. The number of hydrogen-bond donors (Lipinski definition) is 8. The van der Waals surface area contributed by atoms with Crippen LogP contribution in [0.2, 0.25) is 0 Å². The highest BCUT2D eigenvalue weighted by Crippen LogP contribution is 2.22. The van der Waals surface area contributed by atoms with E-state index in [1.165, 1.54) is 11.8 Å². The number of aliphatic hydroxyl groups excluding tert-OH is 1. The molecule has 2 rings (SSSR count). The lowest BCUT2D eigenvalue weighted by atomic mass is 10.0. The van der Waals surface area contributed by atoms with Gasteiger partial charge in [0.15, 0.2) is 0 Å². The standard InChI is InChI=1S/C29H46N6O12/c1-14(2)12-16(30)27(44)34-10-4-7-20(34)26(43)33-23(15(3)36)28(45)35-11-5-6-19(35)25(42)31-17(8-9-21(37)38)24(41)32-18(29(46)47)13-22(39)40/h14-20,23,36H,4-13,30H2,1-3H3,(H,31,42)(H,32,41)(H,33,43)(H,37,38)(H,39,40)(H,46,47)/t15-,16+,17+,18+,19+,20+,23+/m1/s1. The van der Waals surface area contributed by atoms with Crippen LogP contribution in [-0.4, -0.2) is 133 Å². The largest absolute Gasteiger partial charge is 0.481 e. The lowest BCUT2D eigenvalue weighted by Crippen LogP contribution is -2.61. The number of carboxylic acid groups (broad SMARTS) is 3. The summed E-state index contributed by atoms with van der Waals surface area (Å²) in [6.45, 7) is 5.43. The molecule has 0 aromatic rings. The number of rotatable bonds is 17. The Bertz CT molecular complexity index is 1210. The van der Waals surface area contributed by atoms with Gasteiger partial charge in [-0.2, -0.15) is 0 Å². The summed E-state index contributed by atoms with van der Waals surface area (Å²) in [6, 6.07) is -7.88. The normalized spacial score (nSPS) is 20.9. The van der Waals surface area contributed by atoms with E-state index in [4.69, 9.17) is 15.9 Å². The average Bonchev–Trinajstić information content (AvgIpc) is 3.66. The van der Waals surface area contributed by atoms with E-state index < -0.39 is 109 Å². The van der Waals surface area contributed by atoms with Gasteiger partial charge in [-0.3, -0.25) is 33.6 Å². The Labute approximate surface area is 271 Å². The molecule has 18 heteroatoms. The van der Waals surface area contributed by atoms with Crippen LogP contribution in [0.4, 0.5) is 0 Å². The topological polar surface area (TPSA) is 286 Å². The van der Waals surface area contributed by atoms with Gasteiger partial charge < -0.3 is 51.9 Å². The maximum absolute atomic E-state index is 13.6. The molecule has 0 aromatic heterocycles. The van der Waals surface area contributed by atoms with Crippen LogP contribution in [0.1, 0.15) is 72.1 Å². The fourth-order valence-corrected chi connectivity index (χ4v) is 5.70. The van der Waals surface area contributed by atoms with Crippen molar-refractivity contribution in [3.63, 3.8) is 0 Å². The Hall–Kier alpha value is -4.32. The first kappa shape index (κ1) is 38.9. The fourth-order valence-electron chi connectivity index (χ4n) is 5.70. The second-order valence-electron chi connectivity index (χ2n) is 12.3. The Balaban J connectivity index is 2.19. The highest BCUT2D eigenvalue weighted by atomic mass is 16.4. The molecule has 264 valence electrons. The average molecular weight is 671 g/mol. The van der Waals surface area contributed by atoms with Gasteiger partial charge >= 0.3 is 17.9 Å². The maximum atomic E-state index is 13.6. The predicted molar refractivity (Wildman–Crippen MR) is 161 cm³/mol. The zero-order valence-electron chi connectivity index (χ0n) is 26.7. The van der Waals surface area contributed by atoms with Crippen LogP contribution in [0.5, 0.6) is 0 Å². The van der Waals surface area contributed by atoms with E-state index in [1.807, 2.05) is 19.2 Å². The maximum Gasteiger partial charge on any atom is 0.326 e. The van der Waals surface area contributed by atoms with Crippen molar-refractivity contribution >= 4 is 47.4 Å². The van der Waals surface area contributed by atoms with Gasteiger partial charge in [-0.25, -0.2) is 4.79 Å². The summed E-state index contributed by atoms with van der Waals surface area (Å²) in [5.41, 5.74) is 6.06. The first-order valence-corrected chi connectivity index (χ1v) is 15.6. The summed E-state index contributed by atoms with van der Waals surface area (Å²) >= 11 is 0. The minimum atomic E-state index is -1.86. The Kier molecular flexibility index (Phi) is 14.5. The van der Waals surface area contributed by atoms with E-state index in [2.05, 4.69) is 10.6 Å². The quantitative estimate of drug-likeness (QED) is 0.0802. The summed E-state index contributed by atoms with van der Waals surface area (Å²) in [4.78, 5) is 102. The highest BCUT2D eigenvalue weighted by Gasteiger charge is 2.43. The minimum absolute atomic E-state index is 0.0415. The van der Waals surface area contributed by atoms with Crippen LogP contribution >= 0.6 is 0 Å². The Morgan fingerprint density at radius 2 is 1.30 bits per heavy atom. The number of hydrogen-bond acceptors (Lipinski definition) is 10. The van der Waals surface area contributed by atoms with Crippen molar-refractivity contribution in [2.24, 2.45) is 11.7 Å². The number of amides is 5. The lowest BCUT2D eigenvalue weighted by molar-refractivity contribution is -0.148. The van der Waals surface area contributed by atoms with Crippen molar-refractivity contribution in [1.82, 2.24) is 25.8 Å². The van der Waals surface area contributed by atoms with Crippen LogP contribution in [-0.2, 0) is 38.4 Å². The van der Waals surface area contributed by atoms with Crippen molar-refractivity contribution in [1.29, 1.82) is 0 Å². The van der Waals surface area contributed by atoms with E-state index in [1.54, 1.807) is 0 Å². The zero-order valence-corrected chi connectivity index (χ0v) is 26.7. The van der Waals surface area contributed by atoms with Gasteiger partial charge in [0.1, 0.15) is 30.2 Å². The van der Waals surface area contributed by atoms with Crippen LogP contribution < -0.4 is 21.7 Å². The molecule has 2 aliphatic rings. The molecule has 0 aliphatic carbocycles. The number of aliphatic carboxylic acids is 3. The van der Waals surface area contributed by atoms with Crippen LogP contribution in [0.25, 0.3) is 0 Å². The number of nitrogens with two attached hydrogens (primary N) is 1. The van der Waals surface area contributed by atoms with Crippen molar-refractivity contribution in [2.45, 2.75) is 114 Å². The van der Waals surface area contributed by atoms with E-state index in [0.29, 0.717) is 32.2 Å². The number of nitrogens with zero attached hydrogens (tertiary/aromatic N) is 2. The third-order valence-electron chi connectivity index (χ3n) is 8.04. The molecule has 2 aliphatic heterocycles. The van der Waals surface area contributed by atoms with Gasteiger partial charge in [0.2, 0.25) is 29.5 Å². The van der Waals surface area contributed by atoms with Crippen molar-refractivity contribution in [3.05, 3.63) is 0 Å². The number of carbonyl (C=O) groups excluding carboxylic acids is 5. The smallest absolute Gasteiger partial charge is 0.326 e. The fraction of sp³-hybridized carbons (Fsp3) is 0.724. The Morgan fingerprint density at radius 1 is 0.766 bits per heavy atom. The third-order valence-corrected chi connectivity index (χ3v) is 8.04. The number of aliphatic hydroxyl groups is 1. The SMILES string of the molecule is CC(C)C[C@H](N)C(=O)N1CCC[C@H]1C(=O)N[C@H](C(=O)N1CCC[C@H]1C(=O)N[C@@H](CCC(=O)O)C(=O)N[C@@H](CC(=O)O)C(=O)O)[C@@H](C)O. The monoisotopic (exact) mass is 670 g/mol. The minimum Gasteiger partial charge on any atom is -0.481 e. The molecule has 7 atom stereocenters. The number of nitrogens with one attached hydrogen (secondary N) is 3. The molecule has 47 heavy (non-hydrogen) atoms. The molecule has 18 nitrogen and oxygen atoms in total. The first-order valence-electron chi connectivity index (χ1n) is 15.6. The predicted octanol–water partition coefficient (Wildman–Crippen LogP) is -2.40. The summed E-state index contributed by atoms with van der Waals surface area (Å²) in [7, 11) is 0. The molecular formula is C29H46N6O12. The second-order valence-corrected chi connectivity index (χ2v) is 12.3. The summed E-state index contributed by atoms with van der Waals surface area (Å²) in [5.74, 6) is -8.26. The van der Waals surface area contributed by atoms with Gasteiger partial charge in [-0.05, 0) is 51.4 Å². The molecule has 2 saturated heterocycles.